The van der Waals surface area contributed by atoms with Crippen LogP contribution in [0.5, 0.6) is 17.2 Å². The van der Waals surface area contributed by atoms with Gasteiger partial charge in [0.15, 0.2) is 11.6 Å². The Morgan fingerprint density at radius 1 is 0.905 bits per heavy atom. The molecule has 1 fully saturated rings. The fourth-order valence-corrected chi connectivity index (χ4v) is 8.02. The van der Waals surface area contributed by atoms with Gasteiger partial charge in [0.2, 0.25) is 5.56 Å². The average Bonchev–Trinajstić information content (AvgIpc) is 3.30. The van der Waals surface area contributed by atoms with Gasteiger partial charge in [0.05, 0.1) is 37.5 Å². The number of aliphatic hydroxyl groups excluding tert-OH is 1. The predicted octanol–water partition coefficient (Wildman–Crippen LogP) is 6.99. The van der Waals surface area contributed by atoms with E-state index in [1.165, 1.54) is 36.9 Å². The molecule has 63 heavy (non-hydrogen) atoms. The minimum atomic E-state index is -1.02. The summed E-state index contributed by atoms with van der Waals surface area (Å²) in [5, 5.41) is 27.4. The molecule has 0 aliphatic carbocycles. The van der Waals surface area contributed by atoms with E-state index in [0.717, 1.165) is 43.6 Å². The molecule has 0 saturated carbocycles. The summed E-state index contributed by atoms with van der Waals surface area (Å²) in [4.78, 5) is 43.6. The molecule has 5 aromatic carbocycles. The monoisotopic (exact) mass is 856 g/mol. The number of benzene rings is 5. The predicted molar refractivity (Wildman–Crippen MR) is 238 cm³/mol. The molecule has 13 heteroatoms. The Morgan fingerprint density at radius 3 is 2.41 bits per heavy atom. The number of methoxy groups -OCH3 is 1. The number of esters is 1. The molecule has 1 aliphatic heterocycles. The number of piperidine rings is 1. The van der Waals surface area contributed by atoms with Crippen molar-refractivity contribution in [3.05, 3.63) is 171 Å². The number of halogens is 1. The first-order valence-electron chi connectivity index (χ1n) is 21.3. The molecule has 5 N–H and O–H groups in total. The summed E-state index contributed by atoms with van der Waals surface area (Å²) in [7, 11) is 1.32. The summed E-state index contributed by atoms with van der Waals surface area (Å²) in [6.07, 6.45) is 1.35. The second-order valence-corrected chi connectivity index (χ2v) is 15.8. The molecule has 1 unspecified atom stereocenters. The number of hydrogen-bond acceptors (Lipinski definition) is 10. The van der Waals surface area contributed by atoms with Crippen LogP contribution in [-0.4, -0.2) is 78.5 Å². The average molecular weight is 857 g/mol. The third kappa shape index (κ3) is 11.5. The topological polar surface area (TPSA) is 162 Å². The highest BCUT2D eigenvalue weighted by atomic mass is 19.1. The van der Waals surface area contributed by atoms with Gasteiger partial charge in [-0.2, -0.15) is 0 Å². The number of aliphatic hydroxyl groups is 1. The van der Waals surface area contributed by atoms with E-state index in [-0.39, 0.29) is 60.3 Å². The minimum Gasteiger partial charge on any atom is -0.506 e. The van der Waals surface area contributed by atoms with Crippen LogP contribution in [0.3, 0.4) is 0 Å². The van der Waals surface area contributed by atoms with Crippen molar-refractivity contribution in [1.29, 1.82) is 0 Å². The Bertz CT molecular complexity index is 2530. The summed E-state index contributed by atoms with van der Waals surface area (Å²) in [6.45, 7) is 3.87. The number of likely N-dealkylation sites (tertiary alicyclic amines) is 1. The molecule has 1 aromatic heterocycles. The van der Waals surface area contributed by atoms with Gasteiger partial charge in [-0.1, -0.05) is 84.9 Å². The zero-order valence-electron chi connectivity index (χ0n) is 35.2. The molecule has 6 aromatic rings. The van der Waals surface area contributed by atoms with Crippen LogP contribution >= 0.6 is 0 Å². The number of aromatic nitrogens is 1. The molecule has 0 spiro atoms. The van der Waals surface area contributed by atoms with Gasteiger partial charge in [-0.05, 0) is 90.9 Å². The van der Waals surface area contributed by atoms with Crippen molar-refractivity contribution in [2.75, 3.05) is 46.5 Å². The molecule has 1 saturated heterocycles. The number of rotatable bonds is 19. The normalized spacial score (nSPS) is 14.2. The molecule has 1 aliphatic rings. The Labute approximate surface area is 365 Å². The first kappa shape index (κ1) is 44.5. The van der Waals surface area contributed by atoms with E-state index >= 15 is 4.39 Å². The number of aromatic hydroxyl groups is 1. The highest BCUT2D eigenvalue weighted by molar-refractivity contribution is 5.95. The van der Waals surface area contributed by atoms with Crippen LogP contribution in [0.2, 0.25) is 0 Å². The maximum atomic E-state index is 15.6. The maximum absolute atomic E-state index is 15.6. The van der Waals surface area contributed by atoms with Crippen molar-refractivity contribution in [2.24, 2.45) is 5.92 Å². The molecular weight excluding hydrogens is 804 g/mol. The maximum Gasteiger partial charge on any atom is 0.317 e. The third-order valence-corrected chi connectivity index (χ3v) is 11.4. The van der Waals surface area contributed by atoms with Crippen molar-refractivity contribution in [2.45, 2.75) is 44.4 Å². The molecule has 0 radical (unpaired) electrons. The first-order chi connectivity index (χ1) is 30.7. The first-order valence-corrected chi connectivity index (χ1v) is 21.3. The number of pyridine rings is 1. The smallest absolute Gasteiger partial charge is 0.317 e. The number of fused-ring (bicyclic) bond motifs is 1. The largest absolute Gasteiger partial charge is 0.506 e. The van der Waals surface area contributed by atoms with Gasteiger partial charge >= 0.3 is 5.97 Å². The number of phenols is 1. The van der Waals surface area contributed by atoms with Crippen LogP contribution in [-0.2, 0) is 22.6 Å². The molecule has 2 heterocycles. The second kappa shape index (κ2) is 21.5. The summed E-state index contributed by atoms with van der Waals surface area (Å²) in [5.74, 6) is -1.70. The molecule has 0 bridgehead atoms. The minimum absolute atomic E-state index is 0.0640. The lowest BCUT2D eigenvalue weighted by Gasteiger charge is -2.32. The lowest BCUT2D eigenvalue weighted by molar-refractivity contribution is -0.146. The standard InChI is InChI=1S/C50H53FN4O8/c1-61-48-37(29-52-30-43(57)39-18-20-42(56)47-40(39)19-21-44(58)54-47)16-17-41(46(48)51)49(59)53-24-9-27-62-38-15-8-14-36(28-38)45(35-12-6-3-7-13-35)50(60)63-32-34-22-25-55(26-23-34)31-33-10-4-2-5-11-33/h2-8,10-21,28,34,43,45,52,56-57H,9,22-27,29-32H2,1H3,(H,53,59)(H,54,58)/t43-,45?/m0/s1. The number of H-pyrrole nitrogens is 1. The van der Waals surface area contributed by atoms with Gasteiger partial charge < -0.3 is 40.0 Å². The van der Waals surface area contributed by atoms with Crippen molar-refractivity contribution >= 4 is 22.8 Å². The molecule has 2 atom stereocenters. The van der Waals surface area contributed by atoms with Crippen LogP contribution in [0.15, 0.2) is 126 Å². The van der Waals surface area contributed by atoms with Gasteiger partial charge in [-0.25, -0.2) is 4.39 Å². The van der Waals surface area contributed by atoms with E-state index in [0.29, 0.717) is 41.2 Å². The van der Waals surface area contributed by atoms with Crippen molar-refractivity contribution < 1.29 is 38.4 Å². The molecular formula is C50H53FN4O8. The fourth-order valence-electron chi connectivity index (χ4n) is 8.02. The number of carbonyl (C=O) groups excluding carboxylic acids is 2. The van der Waals surface area contributed by atoms with Crippen LogP contribution < -0.4 is 25.7 Å². The van der Waals surface area contributed by atoms with Crippen molar-refractivity contribution in [1.82, 2.24) is 20.5 Å². The zero-order valence-corrected chi connectivity index (χ0v) is 35.2. The van der Waals surface area contributed by atoms with E-state index in [1.807, 2.05) is 60.7 Å². The molecule has 7 rings (SSSR count). The van der Waals surface area contributed by atoms with E-state index in [9.17, 15) is 24.6 Å². The van der Waals surface area contributed by atoms with Crippen LogP contribution in [0.4, 0.5) is 4.39 Å². The third-order valence-electron chi connectivity index (χ3n) is 11.4. The number of ether oxygens (including phenoxy) is 3. The van der Waals surface area contributed by atoms with E-state index in [2.05, 4.69) is 44.8 Å². The van der Waals surface area contributed by atoms with Gasteiger partial charge in [-0.3, -0.25) is 19.3 Å². The number of phenolic OH excluding ortho intramolecular Hbond substituents is 1. The van der Waals surface area contributed by atoms with Crippen LogP contribution in [0.1, 0.15) is 69.5 Å². The quantitative estimate of drug-likeness (QED) is 0.0424. The molecule has 328 valence electrons. The second-order valence-electron chi connectivity index (χ2n) is 15.8. The summed E-state index contributed by atoms with van der Waals surface area (Å²) >= 11 is 0. The van der Waals surface area contributed by atoms with E-state index < -0.39 is 23.7 Å². The van der Waals surface area contributed by atoms with Crippen LogP contribution in [0.25, 0.3) is 10.9 Å². The Hall–Kier alpha value is -6.54. The fraction of sp³-hybridized carbons (Fsp3) is 0.300. The van der Waals surface area contributed by atoms with E-state index in [4.69, 9.17) is 14.2 Å². The lowest BCUT2D eigenvalue weighted by Crippen LogP contribution is -2.35. The summed E-state index contributed by atoms with van der Waals surface area (Å²) in [6, 6.07) is 36.2. The highest BCUT2D eigenvalue weighted by Gasteiger charge is 2.27. The lowest BCUT2D eigenvalue weighted by atomic mass is 9.91. The van der Waals surface area contributed by atoms with Gasteiger partial charge in [-0.15, -0.1) is 0 Å². The number of hydrogen-bond donors (Lipinski definition) is 5. The van der Waals surface area contributed by atoms with Gasteiger partial charge in [0.25, 0.3) is 5.91 Å². The van der Waals surface area contributed by atoms with Crippen molar-refractivity contribution in [3.63, 3.8) is 0 Å². The van der Waals surface area contributed by atoms with Gasteiger partial charge in [0, 0.05) is 43.2 Å². The SMILES string of the molecule is COc1c(CNC[C@H](O)c2ccc(O)c3[nH]c(=O)ccc23)ccc(C(=O)NCCCOc2cccc(C(C(=O)OCC3CCN(Cc4ccccc4)CC3)c3ccccc3)c2)c1F. The van der Waals surface area contributed by atoms with Crippen molar-refractivity contribution in [3.8, 4) is 17.2 Å². The zero-order chi connectivity index (χ0) is 44.1. The number of amides is 1. The number of carbonyl (C=O) groups is 2. The van der Waals surface area contributed by atoms with Gasteiger partial charge in [0.1, 0.15) is 17.4 Å². The Balaban J connectivity index is 0.879. The Kier molecular flexibility index (Phi) is 15.2. The number of nitrogens with one attached hydrogen (secondary N) is 3. The summed E-state index contributed by atoms with van der Waals surface area (Å²) in [5.41, 5.74) is 3.46. The number of aromatic amines is 1. The molecule has 1 amide bonds. The van der Waals surface area contributed by atoms with E-state index in [1.54, 1.807) is 12.1 Å². The van der Waals surface area contributed by atoms with Crippen LogP contribution in [0, 0.1) is 11.7 Å². The number of nitrogens with zero attached hydrogens (tertiary/aromatic N) is 1. The highest BCUT2D eigenvalue weighted by Crippen LogP contribution is 2.32. The Morgan fingerprint density at radius 2 is 1.65 bits per heavy atom. The molecule has 12 nitrogen and oxygen atoms in total. The summed E-state index contributed by atoms with van der Waals surface area (Å²) < 4.78 is 33.0.